The molecule has 68 heavy (non-hydrogen) atoms. The maximum atomic E-state index is 15.1. The molecule has 0 unspecified atom stereocenters. The molecule has 2 aliphatic heterocycles. The first-order valence-electron chi connectivity index (χ1n) is 23.7. The standard InChI is InChI=1S/C51H77N5O10Si2/c1-18-20-37-26-41-48(66-67(16,17)51(12,13)14)56(40-28-43(65-68(32(5)6,33(7)8)34(9)10)42(62-15)27-39(40)47(59)55(41)29-37)50(61)64-30-36-21-23-38(24-22-36)53-45(57)35(11)52-46(58)44(31(3)4)54-49(60)63-25-19-2/h18-24,27-29,31-35,41,44,48H,2,25-26,30H2,1,3-17H3,(H,52,58)(H,53,57)(H,54,60)/t35-,41-,44-,48-/m0/s1. The monoisotopic (exact) mass is 976 g/mol. The molecule has 17 heteroatoms. The lowest BCUT2D eigenvalue weighted by atomic mass is 10.0. The summed E-state index contributed by atoms with van der Waals surface area (Å²) in [5.74, 6) is -0.784. The van der Waals surface area contributed by atoms with Crippen molar-refractivity contribution >= 4 is 57.9 Å². The molecule has 0 spiro atoms. The van der Waals surface area contributed by atoms with Crippen LogP contribution in [-0.4, -0.2) is 89.5 Å². The summed E-state index contributed by atoms with van der Waals surface area (Å²) in [4.78, 5) is 71.6. The van der Waals surface area contributed by atoms with Gasteiger partial charge in [0.05, 0.1) is 24.4 Å². The third-order valence-electron chi connectivity index (χ3n) is 13.4. The van der Waals surface area contributed by atoms with Crippen molar-refractivity contribution in [3.63, 3.8) is 0 Å². The molecule has 4 rings (SSSR count). The zero-order valence-electron chi connectivity index (χ0n) is 43.2. The number of methoxy groups -OCH3 is 1. The van der Waals surface area contributed by atoms with Crippen LogP contribution in [0.2, 0.25) is 34.8 Å². The number of alkyl carbamates (subject to hydrolysis) is 1. The van der Waals surface area contributed by atoms with Gasteiger partial charge in [-0.1, -0.05) is 113 Å². The summed E-state index contributed by atoms with van der Waals surface area (Å²) in [7, 11) is -3.69. The first kappa shape index (κ1) is 55.2. The summed E-state index contributed by atoms with van der Waals surface area (Å²) in [6.07, 6.45) is 5.15. The number of nitrogens with one attached hydrogen (secondary N) is 3. The summed E-state index contributed by atoms with van der Waals surface area (Å²) in [5, 5.41) is 7.74. The maximum absolute atomic E-state index is 15.1. The zero-order valence-corrected chi connectivity index (χ0v) is 45.2. The van der Waals surface area contributed by atoms with Gasteiger partial charge in [0.25, 0.3) is 14.2 Å². The van der Waals surface area contributed by atoms with Crippen molar-refractivity contribution in [2.45, 2.75) is 162 Å². The molecule has 0 saturated carbocycles. The van der Waals surface area contributed by atoms with Gasteiger partial charge in [0.15, 0.2) is 20.3 Å². The highest BCUT2D eigenvalue weighted by molar-refractivity contribution is 6.78. The van der Waals surface area contributed by atoms with E-state index in [9.17, 15) is 19.2 Å². The number of carbonyl (C=O) groups is 5. The Morgan fingerprint density at radius 3 is 2.03 bits per heavy atom. The number of benzene rings is 2. The highest BCUT2D eigenvalue weighted by atomic mass is 28.4. The van der Waals surface area contributed by atoms with E-state index in [1.807, 2.05) is 25.3 Å². The molecule has 0 bridgehead atoms. The number of rotatable bonds is 19. The van der Waals surface area contributed by atoms with Crippen LogP contribution >= 0.6 is 0 Å². The summed E-state index contributed by atoms with van der Waals surface area (Å²) in [5.41, 5.74) is 3.20. The zero-order chi connectivity index (χ0) is 51.1. The SMILES string of the molecule is C=CCOC(=O)N[C@H](C(=O)N[C@@H](C)C(=O)Nc1ccc(COC(=O)N2c3cc(O[Si](C(C)C)(C(C)C)C(C)C)c(OC)cc3C(=O)N3C=C(C=CC)C[C@H]3[C@@H]2O[Si](C)(C)C(C)(C)C)cc1)C(C)C. The van der Waals surface area contributed by atoms with Gasteiger partial charge in [-0.15, -0.1) is 0 Å². The van der Waals surface area contributed by atoms with Crippen LogP contribution in [0, 0.1) is 5.92 Å². The van der Waals surface area contributed by atoms with Crippen molar-refractivity contribution in [2.75, 3.05) is 23.9 Å². The largest absolute Gasteiger partial charge is 0.540 e. The van der Waals surface area contributed by atoms with Crippen molar-refractivity contribution in [1.82, 2.24) is 15.5 Å². The Morgan fingerprint density at radius 1 is 0.882 bits per heavy atom. The van der Waals surface area contributed by atoms with Crippen molar-refractivity contribution in [2.24, 2.45) is 5.92 Å². The van der Waals surface area contributed by atoms with Gasteiger partial charge >= 0.3 is 12.2 Å². The van der Waals surface area contributed by atoms with Gasteiger partial charge in [-0.25, -0.2) is 14.5 Å². The lowest BCUT2D eigenvalue weighted by Crippen LogP contribution is -2.57. The van der Waals surface area contributed by atoms with E-state index in [4.69, 9.17) is 23.1 Å². The number of amides is 5. The predicted octanol–water partition coefficient (Wildman–Crippen LogP) is 10.8. The topological polar surface area (TPSA) is 174 Å². The third-order valence-corrected chi connectivity index (χ3v) is 23.8. The molecule has 0 aliphatic carbocycles. The van der Waals surface area contributed by atoms with Crippen LogP contribution in [0.25, 0.3) is 0 Å². The fourth-order valence-corrected chi connectivity index (χ4v) is 15.2. The molecule has 0 saturated heterocycles. The molecule has 5 amide bonds. The molecule has 2 aromatic carbocycles. The molecule has 15 nitrogen and oxygen atoms in total. The summed E-state index contributed by atoms with van der Waals surface area (Å²) >= 11 is 0. The van der Waals surface area contributed by atoms with Crippen LogP contribution in [0.3, 0.4) is 0 Å². The number of hydrogen-bond donors (Lipinski definition) is 3. The number of carbonyl (C=O) groups excluding carboxylic acids is 5. The molecule has 2 aliphatic rings. The second-order valence-corrected chi connectivity index (χ2v) is 30.6. The summed E-state index contributed by atoms with van der Waals surface area (Å²) in [6, 6.07) is 7.75. The van der Waals surface area contributed by atoms with Crippen LogP contribution in [0.5, 0.6) is 11.5 Å². The second kappa shape index (κ2) is 22.8. The number of fused-ring (bicyclic) bond motifs is 2. The van der Waals surface area contributed by atoms with Gasteiger partial charge < -0.3 is 43.9 Å². The van der Waals surface area contributed by atoms with E-state index in [1.54, 1.807) is 62.3 Å². The Kier molecular flexibility index (Phi) is 18.5. The highest BCUT2D eigenvalue weighted by Gasteiger charge is 2.52. The van der Waals surface area contributed by atoms with Crippen LogP contribution < -0.4 is 30.0 Å². The van der Waals surface area contributed by atoms with E-state index in [-0.39, 0.29) is 52.3 Å². The normalized spacial score (nSPS) is 17.4. The minimum atomic E-state index is -2.67. The van der Waals surface area contributed by atoms with E-state index in [2.05, 4.69) is 97.9 Å². The molecule has 3 N–H and O–H groups in total. The maximum Gasteiger partial charge on any atom is 0.416 e. The van der Waals surface area contributed by atoms with Gasteiger partial charge in [-0.3, -0.25) is 14.4 Å². The number of anilines is 2. The molecule has 0 radical (unpaired) electrons. The minimum absolute atomic E-state index is 0.0142. The second-order valence-electron chi connectivity index (χ2n) is 20.5. The van der Waals surface area contributed by atoms with Gasteiger partial charge in [0, 0.05) is 18.0 Å². The quantitative estimate of drug-likeness (QED) is 0.0908. The minimum Gasteiger partial charge on any atom is -0.540 e. The first-order chi connectivity index (χ1) is 31.7. The van der Waals surface area contributed by atoms with E-state index in [0.717, 1.165) is 5.57 Å². The molecular weight excluding hydrogens is 899 g/mol. The number of hydrogen-bond acceptors (Lipinski definition) is 10. The number of ether oxygens (including phenoxy) is 3. The molecule has 0 aromatic heterocycles. The van der Waals surface area contributed by atoms with Gasteiger partial charge in [0.2, 0.25) is 11.8 Å². The molecule has 2 aromatic rings. The smallest absolute Gasteiger partial charge is 0.416 e. The Balaban J connectivity index is 1.72. The Bertz CT molecular complexity index is 2190. The molecule has 2 heterocycles. The number of allylic oxidation sites excluding steroid dienone is 2. The van der Waals surface area contributed by atoms with Crippen molar-refractivity contribution in [1.29, 1.82) is 0 Å². The highest BCUT2D eigenvalue weighted by Crippen LogP contribution is 2.49. The fraction of sp³-hybridized carbons (Fsp3) is 0.549. The average molecular weight is 976 g/mol. The lowest BCUT2D eigenvalue weighted by Gasteiger charge is -2.44. The van der Waals surface area contributed by atoms with Crippen LogP contribution in [0.4, 0.5) is 21.0 Å². The van der Waals surface area contributed by atoms with Crippen LogP contribution in [0.15, 0.2) is 73.0 Å². The van der Waals surface area contributed by atoms with E-state index in [0.29, 0.717) is 34.9 Å². The molecule has 374 valence electrons. The average Bonchev–Trinajstić information content (AvgIpc) is 3.65. The van der Waals surface area contributed by atoms with Crippen LogP contribution in [0.1, 0.15) is 112 Å². The van der Waals surface area contributed by atoms with Gasteiger partial charge in [0.1, 0.15) is 31.0 Å². The van der Waals surface area contributed by atoms with Gasteiger partial charge in [-0.2, -0.15) is 0 Å². The Hall–Kier alpha value is -5.40. The number of nitrogens with zero attached hydrogens (tertiary/aromatic N) is 2. The van der Waals surface area contributed by atoms with Crippen molar-refractivity contribution < 1.29 is 47.0 Å². The van der Waals surface area contributed by atoms with E-state index in [1.165, 1.54) is 17.9 Å². The fourth-order valence-electron chi connectivity index (χ4n) is 8.76. The Morgan fingerprint density at radius 2 is 1.50 bits per heavy atom. The molecule has 4 atom stereocenters. The molecular formula is C51H77N5O10Si2. The van der Waals surface area contributed by atoms with Crippen molar-refractivity contribution in [3.05, 3.63) is 84.1 Å². The van der Waals surface area contributed by atoms with Crippen LogP contribution in [-0.2, 0) is 30.1 Å². The van der Waals surface area contributed by atoms with E-state index < -0.39 is 65.0 Å². The third kappa shape index (κ3) is 12.4. The first-order valence-corrected chi connectivity index (χ1v) is 28.7. The van der Waals surface area contributed by atoms with Crippen molar-refractivity contribution in [3.8, 4) is 11.5 Å². The predicted molar refractivity (Wildman–Crippen MR) is 273 cm³/mol. The van der Waals surface area contributed by atoms with E-state index >= 15 is 4.79 Å². The van der Waals surface area contributed by atoms with Gasteiger partial charge in [-0.05, 0) is 90.3 Å². The molecule has 0 fully saturated rings. The Labute approximate surface area is 406 Å². The summed E-state index contributed by atoms with van der Waals surface area (Å²) in [6.45, 7) is 34.1. The summed E-state index contributed by atoms with van der Waals surface area (Å²) < 4.78 is 31.7. The lowest BCUT2D eigenvalue weighted by molar-refractivity contribution is -0.128.